The Morgan fingerprint density at radius 2 is 2.08 bits per heavy atom. The van der Waals surface area contributed by atoms with Gasteiger partial charge in [-0.15, -0.1) is 0 Å². The SMILES string of the molecule is Cc1cccc(C(C(=O)O)N2CC[C@@H](NC(=O)OC(C)(C)C)C2)c1. The average Bonchev–Trinajstić information content (AvgIpc) is 2.84. The van der Waals surface area contributed by atoms with Gasteiger partial charge in [0.05, 0.1) is 0 Å². The van der Waals surface area contributed by atoms with Crippen LogP contribution >= 0.6 is 0 Å². The number of aryl methyl sites for hydroxylation is 1. The summed E-state index contributed by atoms with van der Waals surface area (Å²) in [7, 11) is 0. The van der Waals surface area contributed by atoms with Gasteiger partial charge in [-0.05, 0) is 39.7 Å². The molecule has 6 heteroatoms. The summed E-state index contributed by atoms with van der Waals surface area (Å²) >= 11 is 0. The molecule has 0 bridgehead atoms. The lowest BCUT2D eigenvalue weighted by atomic mass is 10.0. The van der Waals surface area contributed by atoms with Gasteiger partial charge in [0.2, 0.25) is 0 Å². The van der Waals surface area contributed by atoms with E-state index in [9.17, 15) is 14.7 Å². The molecule has 1 amide bonds. The van der Waals surface area contributed by atoms with Crippen LogP contribution in [0.3, 0.4) is 0 Å². The molecule has 1 aromatic carbocycles. The van der Waals surface area contributed by atoms with Crippen molar-refractivity contribution in [2.24, 2.45) is 0 Å². The van der Waals surface area contributed by atoms with E-state index >= 15 is 0 Å². The minimum Gasteiger partial charge on any atom is -0.480 e. The van der Waals surface area contributed by atoms with Crippen LogP contribution in [0.25, 0.3) is 0 Å². The minimum atomic E-state index is -0.876. The molecule has 1 aromatic rings. The van der Waals surface area contributed by atoms with Gasteiger partial charge in [-0.1, -0.05) is 29.8 Å². The molecule has 0 aromatic heterocycles. The fourth-order valence-corrected chi connectivity index (χ4v) is 2.96. The summed E-state index contributed by atoms with van der Waals surface area (Å²) in [5.74, 6) is -0.876. The van der Waals surface area contributed by atoms with E-state index in [1.807, 2.05) is 56.9 Å². The maximum Gasteiger partial charge on any atom is 0.407 e. The predicted octanol–water partition coefficient (Wildman–Crippen LogP) is 2.72. The number of hydrogen-bond donors (Lipinski definition) is 2. The van der Waals surface area contributed by atoms with Crippen LogP contribution in [0.1, 0.15) is 44.4 Å². The highest BCUT2D eigenvalue weighted by atomic mass is 16.6. The number of benzene rings is 1. The first-order valence-corrected chi connectivity index (χ1v) is 8.18. The molecule has 6 nitrogen and oxygen atoms in total. The smallest absolute Gasteiger partial charge is 0.407 e. The Morgan fingerprint density at radius 1 is 1.38 bits per heavy atom. The van der Waals surface area contributed by atoms with Crippen molar-refractivity contribution >= 4 is 12.1 Å². The molecule has 2 atom stereocenters. The maximum atomic E-state index is 11.9. The van der Waals surface area contributed by atoms with Crippen molar-refractivity contribution in [2.45, 2.75) is 51.8 Å². The van der Waals surface area contributed by atoms with Gasteiger partial charge in [0.1, 0.15) is 11.6 Å². The first-order valence-electron chi connectivity index (χ1n) is 8.18. The zero-order valence-corrected chi connectivity index (χ0v) is 14.7. The highest BCUT2D eigenvalue weighted by Gasteiger charge is 2.34. The minimum absolute atomic E-state index is 0.105. The molecule has 1 fully saturated rings. The Kier molecular flexibility index (Phi) is 5.49. The summed E-state index contributed by atoms with van der Waals surface area (Å²) in [5.41, 5.74) is 1.25. The largest absolute Gasteiger partial charge is 0.480 e. The fraction of sp³-hybridized carbons (Fsp3) is 0.556. The van der Waals surface area contributed by atoms with Gasteiger partial charge in [-0.25, -0.2) is 4.79 Å². The summed E-state index contributed by atoms with van der Waals surface area (Å²) in [6.07, 6.45) is 0.242. The van der Waals surface area contributed by atoms with Gasteiger partial charge >= 0.3 is 12.1 Å². The number of carbonyl (C=O) groups is 2. The summed E-state index contributed by atoms with van der Waals surface area (Å²) in [5, 5.41) is 12.5. The number of nitrogens with one attached hydrogen (secondary N) is 1. The lowest BCUT2D eigenvalue weighted by Crippen LogP contribution is -2.41. The zero-order valence-electron chi connectivity index (χ0n) is 14.7. The van der Waals surface area contributed by atoms with Crippen LogP contribution in [0.2, 0.25) is 0 Å². The van der Waals surface area contributed by atoms with Crippen molar-refractivity contribution in [1.82, 2.24) is 10.2 Å². The highest BCUT2D eigenvalue weighted by molar-refractivity contribution is 5.75. The number of alkyl carbamates (subject to hydrolysis) is 1. The third kappa shape index (κ3) is 4.96. The number of carboxylic acid groups (broad SMARTS) is 1. The number of rotatable bonds is 4. The second-order valence-electron chi connectivity index (χ2n) is 7.28. The molecule has 0 saturated carbocycles. The molecule has 1 unspecified atom stereocenters. The summed E-state index contributed by atoms with van der Waals surface area (Å²) in [6.45, 7) is 8.48. The van der Waals surface area contributed by atoms with Crippen LogP contribution in [0.15, 0.2) is 24.3 Å². The molecular formula is C18H26N2O4. The number of likely N-dealkylation sites (tertiary alicyclic amines) is 1. The molecule has 2 N–H and O–H groups in total. The van der Waals surface area contributed by atoms with Crippen molar-refractivity contribution in [2.75, 3.05) is 13.1 Å². The molecule has 2 rings (SSSR count). The second-order valence-corrected chi connectivity index (χ2v) is 7.28. The Morgan fingerprint density at radius 3 is 2.67 bits per heavy atom. The summed E-state index contributed by atoms with van der Waals surface area (Å²) < 4.78 is 5.26. The van der Waals surface area contributed by atoms with Crippen LogP contribution in [0, 0.1) is 6.92 Å². The Labute approximate surface area is 142 Å². The van der Waals surface area contributed by atoms with E-state index in [1.54, 1.807) is 0 Å². The lowest BCUT2D eigenvalue weighted by Gasteiger charge is -2.25. The van der Waals surface area contributed by atoms with Gasteiger partial charge in [0, 0.05) is 19.1 Å². The Bertz CT molecular complexity index is 609. The number of nitrogens with zero attached hydrogens (tertiary/aromatic N) is 1. The Balaban J connectivity index is 2.02. The van der Waals surface area contributed by atoms with Crippen molar-refractivity contribution in [3.05, 3.63) is 35.4 Å². The van der Waals surface area contributed by atoms with Crippen LogP contribution in [0.4, 0.5) is 4.79 Å². The number of amides is 1. The third-order valence-corrected chi connectivity index (χ3v) is 3.90. The maximum absolute atomic E-state index is 11.9. The van der Waals surface area contributed by atoms with E-state index in [4.69, 9.17) is 4.74 Å². The molecule has 1 saturated heterocycles. The Hall–Kier alpha value is -2.08. The number of aliphatic carboxylic acids is 1. The lowest BCUT2D eigenvalue weighted by molar-refractivity contribution is -0.143. The molecule has 0 aliphatic carbocycles. The van der Waals surface area contributed by atoms with Crippen molar-refractivity contribution in [3.63, 3.8) is 0 Å². The third-order valence-electron chi connectivity index (χ3n) is 3.90. The van der Waals surface area contributed by atoms with E-state index < -0.39 is 23.7 Å². The quantitative estimate of drug-likeness (QED) is 0.885. The van der Waals surface area contributed by atoms with E-state index in [0.29, 0.717) is 19.5 Å². The van der Waals surface area contributed by atoms with Crippen molar-refractivity contribution in [3.8, 4) is 0 Å². The van der Waals surface area contributed by atoms with E-state index in [1.165, 1.54) is 0 Å². The fourth-order valence-electron chi connectivity index (χ4n) is 2.96. The van der Waals surface area contributed by atoms with E-state index in [2.05, 4.69) is 5.32 Å². The first kappa shape index (κ1) is 18.3. The van der Waals surface area contributed by atoms with E-state index in [0.717, 1.165) is 11.1 Å². The summed E-state index contributed by atoms with van der Waals surface area (Å²) in [6, 6.07) is 6.74. The van der Waals surface area contributed by atoms with Crippen LogP contribution < -0.4 is 5.32 Å². The van der Waals surface area contributed by atoms with Crippen LogP contribution in [-0.4, -0.2) is 46.8 Å². The second kappa shape index (κ2) is 7.21. The highest BCUT2D eigenvalue weighted by Crippen LogP contribution is 2.26. The normalized spacial score (nSPS) is 19.8. The molecular weight excluding hydrogens is 308 g/mol. The monoisotopic (exact) mass is 334 g/mol. The summed E-state index contributed by atoms with van der Waals surface area (Å²) in [4.78, 5) is 25.5. The van der Waals surface area contributed by atoms with Gasteiger partial charge < -0.3 is 15.2 Å². The van der Waals surface area contributed by atoms with Crippen molar-refractivity contribution < 1.29 is 19.4 Å². The molecule has 0 spiro atoms. The predicted molar refractivity (Wildman–Crippen MR) is 90.9 cm³/mol. The van der Waals surface area contributed by atoms with Gasteiger partial charge in [-0.3, -0.25) is 9.69 Å². The standard InChI is InChI=1S/C18H26N2O4/c1-12-6-5-7-13(10-12)15(16(21)22)20-9-8-14(11-20)19-17(23)24-18(2,3)4/h5-7,10,14-15H,8-9,11H2,1-4H3,(H,19,23)(H,21,22)/t14-,15?/m1/s1. The molecule has 1 aliphatic rings. The molecule has 1 heterocycles. The topological polar surface area (TPSA) is 78.9 Å². The van der Waals surface area contributed by atoms with Gasteiger partial charge in [-0.2, -0.15) is 0 Å². The number of hydrogen-bond acceptors (Lipinski definition) is 4. The molecule has 132 valence electrons. The number of carbonyl (C=O) groups excluding carboxylic acids is 1. The zero-order chi connectivity index (χ0) is 17.9. The van der Waals surface area contributed by atoms with Crippen LogP contribution in [0.5, 0.6) is 0 Å². The number of ether oxygens (including phenoxy) is 1. The number of carboxylic acids is 1. The van der Waals surface area contributed by atoms with Crippen molar-refractivity contribution in [1.29, 1.82) is 0 Å². The van der Waals surface area contributed by atoms with Crippen LogP contribution in [-0.2, 0) is 9.53 Å². The molecule has 24 heavy (non-hydrogen) atoms. The van der Waals surface area contributed by atoms with E-state index in [-0.39, 0.29) is 6.04 Å². The average molecular weight is 334 g/mol. The molecule has 1 aliphatic heterocycles. The molecule has 0 radical (unpaired) electrons. The first-order chi connectivity index (χ1) is 11.2. The van der Waals surface area contributed by atoms with Gasteiger partial charge in [0.25, 0.3) is 0 Å². The van der Waals surface area contributed by atoms with Gasteiger partial charge in [0.15, 0.2) is 0 Å².